The quantitative estimate of drug-likeness (QED) is 0.492. The van der Waals surface area contributed by atoms with Gasteiger partial charge in [-0.25, -0.2) is 0 Å². The first-order valence-corrected chi connectivity index (χ1v) is 8.42. The average molecular weight is 459 g/mol. The third-order valence-electron chi connectivity index (χ3n) is 3.20. The molecule has 1 heterocycles. The van der Waals surface area contributed by atoms with E-state index in [0.717, 1.165) is 14.5 Å². The molecule has 0 amide bonds. The molecular weight excluding hydrogens is 447 g/mol. The molecular formula is C16H12BrIO3. The van der Waals surface area contributed by atoms with Crippen LogP contribution in [-0.2, 0) is 0 Å². The van der Waals surface area contributed by atoms with Gasteiger partial charge in [-0.3, -0.25) is 4.79 Å². The first-order valence-electron chi connectivity index (χ1n) is 6.55. The number of ketones is 1. The van der Waals surface area contributed by atoms with Crippen molar-refractivity contribution in [2.24, 2.45) is 0 Å². The lowest BCUT2D eigenvalue weighted by atomic mass is 10.0. The summed E-state index contributed by atoms with van der Waals surface area (Å²) in [7, 11) is 0. The van der Waals surface area contributed by atoms with Gasteiger partial charge >= 0.3 is 0 Å². The summed E-state index contributed by atoms with van der Waals surface area (Å²) in [6, 6.07) is 11.1. The summed E-state index contributed by atoms with van der Waals surface area (Å²) in [5, 5.41) is 0. The number of benzene rings is 2. The Kier molecular flexibility index (Phi) is 4.49. The van der Waals surface area contributed by atoms with Crippen molar-refractivity contribution in [3.05, 3.63) is 55.6 Å². The highest BCUT2D eigenvalue weighted by molar-refractivity contribution is 14.1. The van der Waals surface area contributed by atoms with E-state index in [0.29, 0.717) is 35.8 Å². The second kappa shape index (κ2) is 6.36. The van der Waals surface area contributed by atoms with Crippen LogP contribution < -0.4 is 9.47 Å². The lowest BCUT2D eigenvalue weighted by molar-refractivity contribution is 0.103. The zero-order valence-electron chi connectivity index (χ0n) is 11.1. The molecule has 0 fully saturated rings. The van der Waals surface area contributed by atoms with Crippen LogP contribution in [0.2, 0.25) is 0 Å². The molecule has 0 saturated heterocycles. The number of ether oxygens (including phenoxy) is 2. The topological polar surface area (TPSA) is 35.5 Å². The number of hydrogen-bond acceptors (Lipinski definition) is 3. The van der Waals surface area contributed by atoms with E-state index in [1.54, 1.807) is 6.07 Å². The van der Waals surface area contributed by atoms with Crippen molar-refractivity contribution >= 4 is 44.3 Å². The fraction of sp³-hybridized carbons (Fsp3) is 0.188. The van der Waals surface area contributed by atoms with E-state index in [1.165, 1.54) is 0 Å². The molecule has 1 aliphatic heterocycles. The average Bonchev–Trinajstić information content (AvgIpc) is 2.71. The van der Waals surface area contributed by atoms with Crippen LogP contribution in [0.15, 0.2) is 40.9 Å². The minimum atomic E-state index is -0.0254. The Bertz CT molecular complexity index is 700. The lowest BCUT2D eigenvalue weighted by Crippen LogP contribution is -2.05. The van der Waals surface area contributed by atoms with Gasteiger partial charge in [0.2, 0.25) is 0 Å². The molecule has 3 nitrogen and oxygen atoms in total. The third-order valence-corrected chi connectivity index (χ3v) is 4.80. The van der Waals surface area contributed by atoms with Gasteiger partial charge in [0.25, 0.3) is 0 Å². The fourth-order valence-electron chi connectivity index (χ4n) is 2.15. The molecule has 0 atom stereocenters. The van der Waals surface area contributed by atoms with Gasteiger partial charge in [-0.05, 0) is 62.8 Å². The van der Waals surface area contributed by atoms with Crippen LogP contribution in [-0.4, -0.2) is 19.0 Å². The number of carbonyl (C=O) groups excluding carboxylic acids is 1. The highest BCUT2D eigenvalue weighted by Crippen LogP contribution is 2.36. The lowest BCUT2D eigenvalue weighted by Gasteiger charge is -2.11. The molecule has 2 aromatic carbocycles. The second-order valence-corrected chi connectivity index (χ2v) is 6.65. The molecule has 0 unspecified atom stereocenters. The molecule has 0 radical (unpaired) electrons. The molecule has 5 heteroatoms. The zero-order valence-corrected chi connectivity index (χ0v) is 14.8. The van der Waals surface area contributed by atoms with Gasteiger partial charge in [-0.1, -0.05) is 12.1 Å². The highest BCUT2D eigenvalue weighted by Gasteiger charge is 2.20. The van der Waals surface area contributed by atoms with Crippen LogP contribution in [0.25, 0.3) is 0 Å². The smallest absolute Gasteiger partial charge is 0.195 e. The Morgan fingerprint density at radius 2 is 1.71 bits per heavy atom. The van der Waals surface area contributed by atoms with Gasteiger partial charge in [0.05, 0.1) is 13.2 Å². The van der Waals surface area contributed by atoms with Gasteiger partial charge in [0.15, 0.2) is 17.3 Å². The summed E-state index contributed by atoms with van der Waals surface area (Å²) in [5.74, 6) is 1.28. The van der Waals surface area contributed by atoms with E-state index in [9.17, 15) is 4.79 Å². The summed E-state index contributed by atoms with van der Waals surface area (Å²) in [6.45, 7) is 1.23. The van der Waals surface area contributed by atoms with Crippen LogP contribution in [0.4, 0.5) is 0 Å². The first-order chi connectivity index (χ1) is 10.2. The molecule has 0 saturated carbocycles. The van der Waals surface area contributed by atoms with E-state index in [1.807, 2.05) is 30.3 Å². The summed E-state index contributed by atoms with van der Waals surface area (Å²) < 4.78 is 12.9. The van der Waals surface area contributed by atoms with E-state index in [4.69, 9.17) is 9.47 Å². The monoisotopic (exact) mass is 458 g/mol. The van der Waals surface area contributed by atoms with Gasteiger partial charge in [0, 0.05) is 25.6 Å². The SMILES string of the molecule is O=C(c1cc2c(cc1Br)OCCCO2)c1ccccc1I. The number of carbonyl (C=O) groups is 1. The second-order valence-electron chi connectivity index (χ2n) is 4.64. The number of hydrogen-bond donors (Lipinski definition) is 0. The zero-order chi connectivity index (χ0) is 14.8. The van der Waals surface area contributed by atoms with Gasteiger partial charge < -0.3 is 9.47 Å². The Morgan fingerprint density at radius 1 is 1.05 bits per heavy atom. The van der Waals surface area contributed by atoms with Crippen LogP contribution in [0.1, 0.15) is 22.3 Å². The van der Waals surface area contributed by atoms with Crippen molar-refractivity contribution in [2.75, 3.05) is 13.2 Å². The number of fused-ring (bicyclic) bond motifs is 1. The molecule has 0 N–H and O–H groups in total. The summed E-state index contributed by atoms with van der Waals surface area (Å²) in [4.78, 5) is 12.7. The Morgan fingerprint density at radius 3 is 2.43 bits per heavy atom. The van der Waals surface area contributed by atoms with Gasteiger partial charge in [0.1, 0.15) is 0 Å². The maximum absolute atomic E-state index is 12.7. The van der Waals surface area contributed by atoms with E-state index < -0.39 is 0 Å². The molecule has 1 aliphatic rings. The first kappa shape index (κ1) is 14.8. The maximum Gasteiger partial charge on any atom is 0.195 e. The third kappa shape index (κ3) is 3.08. The van der Waals surface area contributed by atoms with Gasteiger partial charge in [-0.2, -0.15) is 0 Å². The molecule has 0 aliphatic carbocycles. The van der Waals surface area contributed by atoms with E-state index >= 15 is 0 Å². The molecule has 108 valence electrons. The standard InChI is InChI=1S/C16H12BrIO3/c17-12-9-15-14(20-6-3-7-21-15)8-11(12)16(19)10-4-1-2-5-13(10)18/h1-2,4-5,8-9H,3,6-7H2. The summed E-state index contributed by atoms with van der Waals surface area (Å²) in [5.41, 5.74) is 1.27. The largest absolute Gasteiger partial charge is 0.490 e. The molecule has 21 heavy (non-hydrogen) atoms. The predicted molar refractivity (Wildman–Crippen MR) is 92.3 cm³/mol. The van der Waals surface area contributed by atoms with Crippen molar-refractivity contribution < 1.29 is 14.3 Å². The molecule has 3 rings (SSSR count). The van der Waals surface area contributed by atoms with Crippen molar-refractivity contribution in [3.63, 3.8) is 0 Å². The molecule has 0 bridgehead atoms. The number of halogens is 2. The summed E-state index contributed by atoms with van der Waals surface area (Å²) >= 11 is 5.64. The van der Waals surface area contributed by atoms with Crippen LogP contribution >= 0.6 is 38.5 Å². The maximum atomic E-state index is 12.7. The summed E-state index contributed by atoms with van der Waals surface area (Å²) in [6.07, 6.45) is 0.839. The predicted octanol–water partition coefficient (Wildman–Crippen LogP) is 4.45. The molecule has 0 aromatic heterocycles. The van der Waals surface area contributed by atoms with Gasteiger partial charge in [-0.15, -0.1) is 0 Å². The Balaban J connectivity index is 2.05. The molecule has 0 spiro atoms. The Hall–Kier alpha value is -1.08. The Labute approximate surface area is 144 Å². The van der Waals surface area contributed by atoms with Crippen LogP contribution in [0.5, 0.6) is 11.5 Å². The van der Waals surface area contributed by atoms with Crippen LogP contribution in [0.3, 0.4) is 0 Å². The molecule has 2 aromatic rings. The minimum absolute atomic E-state index is 0.0254. The van der Waals surface area contributed by atoms with Crippen LogP contribution in [0, 0.1) is 3.57 Å². The fourth-order valence-corrected chi connectivity index (χ4v) is 3.28. The normalized spacial score (nSPS) is 13.6. The number of rotatable bonds is 2. The van der Waals surface area contributed by atoms with Crippen molar-refractivity contribution in [2.45, 2.75) is 6.42 Å². The van der Waals surface area contributed by atoms with Crippen molar-refractivity contribution in [1.82, 2.24) is 0 Å². The minimum Gasteiger partial charge on any atom is -0.490 e. The van der Waals surface area contributed by atoms with E-state index in [2.05, 4.69) is 38.5 Å². The van der Waals surface area contributed by atoms with Crippen molar-refractivity contribution in [3.8, 4) is 11.5 Å². The van der Waals surface area contributed by atoms with Crippen molar-refractivity contribution in [1.29, 1.82) is 0 Å². The highest BCUT2D eigenvalue weighted by atomic mass is 127. The van der Waals surface area contributed by atoms with E-state index in [-0.39, 0.29) is 5.78 Å².